The number of unbranched alkanes of at least 4 members (excludes halogenated alkanes) is 44. The van der Waals surface area contributed by atoms with Gasteiger partial charge < -0.3 is 23.7 Å². The summed E-state index contributed by atoms with van der Waals surface area (Å²) >= 11 is 0. The zero-order chi connectivity index (χ0) is 60.8. The summed E-state index contributed by atoms with van der Waals surface area (Å²) in [6, 6.07) is 0. The van der Waals surface area contributed by atoms with Gasteiger partial charge >= 0.3 is 0 Å². The van der Waals surface area contributed by atoms with Gasteiger partial charge in [-0.2, -0.15) is 0 Å². The van der Waals surface area contributed by atoms with Crippen molar-refractivity contribution >= 4 is 0 Å². The molecule has 0 aliphatic heterocycles. The fraction of sp³-hybridized carbons (Fsp3) is 1.00. The van der Waals surface area contributed by atoms with E-state index in [1.54, 1.807) is 0 Å². The van der Waals surface area contributed by atoms with Crippen LogP contribution in [-0.4, -0.2) is 49.2 Å². The molecule has 2 unspecified atom stereocenters. The monoisotopic (exact) mass is 1180 g/mol. The van der Waals surface area contributed by atoms with Crippen molar-refractivity contribution in [3.63, 3.8) is 0 Å². The highest BCUT2D eigenvalue weighted by Crippen LogP contribution is 2.53. The van der Waals surface area contributed by atoms with Crippen molar-refractivity contribution in [1.29, 1.82) is 0 Å². The minimum absolute atomic E-state index is 0.650. The van der Waals surface area contributed by atoms with E-state index in [4.69, 9.17) is 23.7 Å². The predicted octanol–water partition coefficient (Wildman–Crippen LogP) is 27.5. The Kier molecular flexibility index (Phi) is 61.9. The van der Waals surface area contributed by atoms with Crippen molar-refractivity contribution in [2.24, 2.45) is 0 Å². The van der Waals surface area contributed by atoms with Gasteiger partial charge in [-0.25, -0.2) is 0 Å². The van der Waals surface area contributed by atoms with Crippen LogP contribution in [0.5, 0.6) is 0 Å². The van der Waals surface area contributed by atoms with Crippen LogP contribution < -0.4 is 0 Å². The van der Waals surface area contributed by atoms with Crippen molar-refractivity contribution < 1.29 is 23.7 Å². The maximum Gasteiger partial charge on any atom is 0.197 e. The summed E-state index contributed by atoms with van der Waals surface area (Å²) in [7, 11) is 0. The molecule has 0 bridgehead atoms. The molecule has 0 saturated carbocycles. The smallest absolute Gasteiger partial charge is 0.197 e. The number of hydrogen-bond donors (Lipinski definition) is 0. The summed E-state index contributed by atoms with van der Waals surface area (Å²) in [5.74, 6) is -1.70. The zero-order valence-electron chi connectivity index (χ0n) is 59.3. The zero-order valence-corrected chi connectivity index (χ0v) is 59.3. The first kappa shape index (κ1) is 82.8. The third kappa shape index (κ3) is 41.7. The van der Waals surface area contributed by atoms with E-state index in [-0.39, 0.29) is 0 Å². The molecule has 0 heterocycles. The molecule has 0 aromatic heterocycles. The van der Waals surface area contributed by atoms with Crippen LogP contribution in [0.25, 0.3) is 0 Å². The lowest BCUT2D eigenvalue weighted by atomic mass is 9.74. The Morgan fingerprint density at radius 1 is 0.157 bits per heavy atom. The summed E-state index contributed by atoms with van der Waals surface area (Å²) in [5.41, 5.74) is -1.30. The third-order valence-electron chi connectivity index (χ3n) is 18.9. The largest absolute Gasteiger partial charge is 0.357 e. The molecular formula is C78H158O5. The maximum absolute atomic E-state index is 8.95. The lowest BCUT2D eigenvalue weighted by Crippen LogP contribution is -2.68. The molecule has 0 aromatic carbocycles. The Morgan fingerprint density at radius 2 is 0.313 bits per heavy atom. The SMILES string of the molecule is CCCCCCCCCCCCCCC(CCCC)(OC(CCCC)(CCCCCCCCCCCCCC)C(CCCCCCCCCCCCC)(OCCC)OCCC)C(CCCCCCCCCCCCC)(OCCC)OCCC. The Morgan fingerprint density at radius 3 is 0.494 bits per heavy atom. The molecule has 0 spiro atoms. The van der Waals surface area contributed by atoms with Gasteiger partial charge in [-0.05, 0) is 64.2 Å². The molecular weight excluding hydrogens is 1020 g/mol. The van der Waals surface area contributed by atoms with E-state index in [2.05, 4.69) is 69.2 Å². The van der Waals surface area contributed by atoms with Crippen LogP contribution in [0.2, 0.25) is 0 Å². The van der Waals surface area contributed by atoms with Gasteiger partial charge in [-0.1, -0.05) is 377 Å². The highest BCUT2D eigenvalue weighted by Gasteiger charge is 2.62. The van der Waals surface area contributed by atoms with Crippen molar-refractivity contribution in [1.82, 2.24) is 0 Å². The number of ether oxygens (including phenoxy) is 5. The van der Waals surface area contributed by atoms with Crippen LogP contribution >= 0.6 is 0 Å². The molecule has 83 heavy (non-hydrogen) atoms. The van der Waals surface area contributed by atoms with E-state index in [0.29, 0.717) is 26.4 Å². The lowest BCUT2D eigenvalue weighted by Gasteiger charge is -2.58. The molecule has 0 aromatic rings. The molecule has 0 fully saturated rings. The van der Waals surface area contributed by atoms with Crippen molar-refractivity contribution in [2.45, 2.75) is 477 Å². The van der Waals surface area contributed by atoms with Crippen LogP contribution in [0.3, 0.4) is 0 Å². The molecule has 2 atom stereocenters. The minimum atomic E-state index is -0.850. The van der Waals surface area contributed by atoms with Crippen molar-refractivity contribution in [3.8, 4) is 0 Å². The van der Waals surface area contributed by atoms with Gasteiger partial charge in [0.15, 0.2) is 11.6 Å². The van der Waals surface area contributed by atoms with Gasteiger partial charge in [0, 0.05) is 39.3 Å². The van der Waals surface area contributed by atoms with Crippen LogP contribution in [0, 0.1) is 0 Å². The Bertz CT molecular complexity index is 1130. The molecule has 5 heteroatoms. The normalized spacial score (nSPS) is 13.8. The predicted molar refractivity (Wildman–Crippen MR) is 370 cm³/mol. The molecule has 0 saturated heterocycles. The van der Waals surface area contributed by atoms with Crippen LogP contribution in [-0.2, 0) is 23.7 Å². The summed E-state index contributed by atoms with van der Waals surface area (Å²) in [6.45, 7) is 26.1. The van der Waals surface area contributed by atoms with Gasteiger partial charge in [0.2, 0.25) is 0 Å². The van der Waals surface area contributed by atoms with E-state index in [1.807, 2.05) is 0 Å². The third-order valence-corrected chi connectivity index (χ3v) is 18.9. The minimum Gasteiger partial charge on any atom is -0.357 e. The van der Waals surface area contributed by atoms with Crippen LogP contribution in [0.1, 0.15) is 454 Å². The van der Waals surface area contributed by atoms with E-state index < -0.39 is 22.8 Å². The lowest BCUT2D eigenvalue weighted by molar-refractivity contribution is -0.411. The van der Waals surface area contributed by atoms with E-state index >= 15 is 0 Å². The Balaban J connectivity index is 7.81. The van der Waals surface area contributed by atoms with Crippen LogP contribution in [0.15, 0.2) is 0 Å². The number of hydrogen-bond acceptors (Lipinski definition) is 5. The molecule has 500 valence electrons. The van der Waals surface area contributed by atoms with Crippen molar-refractivity contribution in [3.05, 3.63) is 0 Å². The molecule has 0 aliphatic carbocycles. The number of rotatable bonds is 72. The summed E-state index contributed by atoms with van der Waals surface area (Å²) in [6.07, 6.45) is 75.7. The highest BCUT2D eigenvalue weighted by atomic mass is 16.7. The first-order valence-electron chi connectivity index (χ1n) is 39.1. The fourth-order valence-electron chi connectivity index (χ4n) is 13.6. The molecule has 0 amide bonds. The van der Waals surface area contributed by atoms with Gasteiger partial charge in [0.05, 0.1) is 0 Å². The fourth-order valence-corrected chi connectivity index (χ4v) is 13.6. The van der Waals surface area contributed by atoms with Crippen LogP contribution in [0.4, 0.5) is 0 Å². The van der Waals surface area contributed by atoms with Crippen molar-refractivity contribution in [2.75, 3.05) is 26.4 Å². The molecule has 0 rings (SSSR count). The first-order valence-corrected chi connectivity index (χ1v) is 39.1. The second-order valence-electron chi connectivity index (χ2n) is 27.0. The highest BCUT2D eigenvalue weighted by molar-refractivity contribution is 5.05. The quantitative estimate of drug-likeness (QED) is 0.0449. The molecule has 0 radical (unpaired) electrons. The van der Waals surface area contributed by atoms with E-state index in [0.717, 1.165) is 116 Å². The summed E-state index contributed by atoms with van der Waals surface area (Å²) in [5, 5.41) is 0. The Hall–Kier alpha value is -0.200. The summed E-state index contributed by atoms with van der Waals surface area (Å²) < 4.78 is 39.7. The average molecular weight is 1180 g/mol. The van der Waals surface area contributed by atoms with Gasteiger partial charge in [-0.15, -0.1) is 0 Å². The topological polar surface area (TPSA) is 46.2 Å². The van der Waals surface area contributed by atoms with E-state index in [1.165, 1.54) is 270 Å². The maximum atomic E-state index is 8.95. The average Bonchev–Trinajstić information content (AvgIpc) is 3.56. The van der Waals surface area contributed by atoms with Gasteiger partial charge in [0.1, 0.15) is 11.2 Å². The first-order chi connectivity index (χ1) is 40.8. The molecule has 0 aliphatic rings. The summed E-state index contributed by atoms with van der Waals surface area (Å²) in [4.78, 5) is 0. The standard InChI is InChI=1S/C78H158O5/c1-11-21-27-31-35-39-43-47-49-53-57-61-67-75(65-25-15-5,77(79-71-17-7,80-72-18-8)69-63-59-55-51-45-41-37-33-29-23-13-3)83-76(66-26-16-6,68-62-58-54-50-48-44-40-36-32-28-22-12-2)78(81-73-19-9,82-74-20-10)70-64-60-56-52-46-42-38-34-30-24-14-4/h11-74H2,1-10H3. The van der Waals surface area contributed by atoms with Gasteiger partial charge in [0.25, 0.3) is 0 Å². The van der Waals surface area contributed by atoms with Gasteiger partial charge in [-0.3, -0.25) is 0 Å². The second-order valence-corrected chi connectivity index (χ2v) is 27.0. The van der Waals surface area contributed by atoms with E-state index in [9.17, 15) is 0 Å². The molecule has 5 nitrogen and oxygen atoms in total. The molecule has 0 N–H and O–H groups in total. The Labute approximate surface area is 524 Å². The second kappa shape index (κ2) is 62.0.